The summed E-state index contributed by atoms with van der Waals surface area (Å²) in [5.74, 6) is 1.61. The summed E-state index contributed by atoms with van der Waals surface area (Å²) in [5, 5.41) is 0. The molecule has 0 aromatic heterocycles. The first-order chi connectivity index (χ1) is 27.6. The number of rotatable bonds is 44. The highest BCUT2D eigenvalue weighted by atomic mass is 16.6. The molecule has 338 valence electrons. The van der Waals surface area contributed by atoms with Crippen molar-refractivity contribution in [2.45, 2.75) is 279 Å². The zero-order valence-electron chi connectivity index (χ0n) is 39.1. The van der Waals surface area contributed by atoms with Gasteiger partial charge in [0, 0.05) is 19.3 Å². The lowest BCUT2D eigenvalue weighted by Crippen LogP contribution is -2.30. The molecule has 0 bridgehead atoms. The van der Waals surface area contributed by atoms with E-state index < -0.39 is 6.10 Å². The highest BCUT2D eigenvalue weighted by Crippen LogP contribution is 2.18. The molecular formula is C51H98O6. The third kappa shape index (κ3) is 43.8. The standard InChI is InChI=1S/C51H98O6/c1-7-47(6)39-33-27-21-16-17-23-30-36-42-51(54)57-48(44-56-50(53)41-35-29-24-18-20-26-32-38-46(4)5)43-55-49(52)40-34-28-22-15-13-11-9-8-10-12-14-19-25-31-37-45(2)3/h45-48H,7-44H2,1-6H3/t47?,48-/m1/s1. The second kappa shape index (κ2) is 42.5. The molecule has 0 rings (SSSR count). The lowest BCUT2D eigenvalue weighted by atomic mass is 9.99. The molecule has 0 aromatic rings. The molecule has 0 aromatic carbocycles. The molecule has 0 aliphatic rings. The molecular weight excluding hydrogens is 709 g/mol. The minimum Gasteiger partial charge on any atom is -0.462 e. The van der Waals surface area contributed by atoms with Crippen LogP contribution in [0.5, 0.6) is 0 Å². The summed E-state index contributed by atoms with van der Waals surface area (Å²) >= 11 is 0. The maximum absolute atomic E-state index is 12.7. The van der Waals surface area contributed by atoms with Gasteiger partial charge in [-0.3, -0.25) is 14.4 Å². The fourth-order valence-electron chi connectivity index (χ4n) is 7.55. The Bertz CT molecular complexity index is 885. The second-order valence-corrected chi connectivity index (χ2v) is 18.6. The van der Waals surface area contributed by atoms with E-state index >= 15 is 0 Å². The highest BCUT2D eigenvalue weighted by molar-refractivity contribution is 5.71. The number of esters is 3. The first-order valence-corrected chi connectivity index (χ1v) is 25.1. The molecule has 0 amide bonds. The minimum atomic E-state index is -0.763. The predicted molar refractivity (Wildman–Crippen MR) is 243 cm³/mol. The molecule has 1 unspecified atom stereocenters. The smallest absolute Gasteiger partial charge is 0.306 e. The van der Waals surface area contributed by atoms with Crippen molar-refractivity contribution in [2.24, 2.45) is 17.8 Å². The molecule has 6 heteroatoms. The monoisotopic (exact) mass is 807 g/mol. The Hall–Kier alpha value is -1.59. The number of carbonyl (C=O) groups excluding carboxylic acids is 3. The molecule has 57 heavy (non-hydrogen) atoms. The average molecular weight is 807 g/mol. The minimum absolute atomic E-state index is 0.0656. The Kier molecular flexibility index (Phi) is 41.3. The highest BCUT2D eigenvalue weighted by Gasteiger charge is 2.19. The Balaban J connectivity index is 4.29. The van der Waals surface area contributed by atoms with Gasteiger partial charge < -0.3 is 14.2 Å². The third-order valence-electron chi connectivity index (χ3n) is 11.8. The van der Waals surface area contributed by atoms with E-state index in [9.17, 15) is 14.4 Å². The van der Waals surface area contributed by atoms with Gasteiger partial charge in [0.25, 0.3) is 0 Å². The number of ether oxygens (including phenoxy) is 3. The maximum atomic E-state index is 12.7. The summed E-state index contributed by atoms with van der Waals surface area (Å²) in [7, 11) is 0. The van der Waals surface area contributed by atoms with Gasteiger partial charge in [0.2, 0.25) is 0 Å². The summed E-state index contributed by atoms with van der Waals surface area (Å²) in [6, 6.07) is 0. The molecule has 0 aliphatic heterocycles. The molecule has 0 spiro atoms. The lowest BCUT2D eigenvalue weighted by Gasteiger charge is -2.18. The van der Waals surface area contributed by atoms with E-state index in [1.165, 1.54) is 154 Å². The molecule has 0 saturated carbocycles. The SMILES string of the molecule is CCC(C)CCCCCCCCCCC(=O)O[C@H](COC(=O)CCCCCCCCCCCCCCCCC(C)C)COC(=O)CCCCCCCCCC(C)C. The van der Waals surface area contributed by atoms with Crippen molar-refractivity contribution in [1.29, 1.82) is 0 Å². The molecule has 6 nitrogen and oxygen atoms in total. The zero-order chi connectivity index (χ0) is 42.0. The molecule has 0 fully saturated rings. The Morgan fingerprint density at radius 3 is 0.912 bits per heavy atom. The Labute approximate surface area is 355 Å². The summed E-state index contributed by atoms with van der Waals surface area (Å²) < 4.78 is 16.8. The van der Waals surface area contributed by atoms with Crippen LogP contribution in [0.3, 0.4) is 0 Å². The van der Waals surface area contributed by atoms with Gasteiger partial charge in [-0.1, -0.05) is 234 Å². The van der Waals surface area contributed by atoms with Crippen LogP contribution in [-0.2, 0) is 28.6 Å². The van der Waals surface area contributed by atoms with Gasteiger partial charge in [0.1, 0.15) is 13.2 Å². The molecule has 0 N–H and O–H groups in total. The first-order valence-electron chi connectivity index (χ1n) is 25.1. The predicted octanol–water partition coefficient (Wildman–Crippen LogP) is 16.0. The van der Waals surface area contributed by atoms with Crippen molar-refractivity contribution in [3.8, 4) is 0 Å². The van der Waals surface area contributed by atoms with Gasteiger partial charge in [-0.05, 0) is 37.0 Å². The van der Waals surface area contributed by atoms with Crippen LogP contribution in [0.25, 0.3) is 0 Å². The molecule has 0 aliphatic carbocycles. The van der Waals surface area contributed by atoms with Gasteiger partial charge in [0.05, 0.1) is 0 Å². The van der Waals surface area contributed by atoms with Gasteiger partial charge in [-0.2, -0.15) is 0 Å². The van der Waals surface area contributed by atoms with Crippen LogP contribution in [0.15, 0.2) is 0 Å². The molecule has 0 heterocycles. The molecule has 0 saturated heterocycles. The van der Waals surface area contributed by atoms with Crippen LogP contribution in [-0.4, -0.2) is 37.2 Å². The van der Waals surface area contributed by atoms with Crippen molar-refractivity contribution >= 4 is 17.9 Å². The van der Waals surface area contributed by atoms with Crippen LogP contribution in [0, 0.1) is 17.8 Å². The lowest BCUT2D eigenvalue weighted by molar-refractivity contribution is -0.167. The first kappa shape index (κ1) is 55.4. The average Bonchev–Trinajstić information content (AvgIpc) is 3.18. The van der Waals surface area contributed by atoms with Gasteiger partial charge in [-0.15, -0.1) is 0 Å². The molecule has 0 radical (unpaired) electrons. The number of hydrogen-bond donors (Lipinski definition) is 0. The van der Waals surface area contributed by atoms with Crippen molar-refractivity contribution < 1.29 is 28.6 Å². The van der Waals surface area contributed by atoms with E-state index in [2.05, 4.69) is 41.5 Å². The normalized spacial score (nSPS) is 12.6. The number of carbonyl (C=O) groups is 3. The van der Waals surface area contributed by atoms with Gasteiger partial charge >= 0.3 is 17.9 Å². The van der Waals surface area contributed by atoms with Crippen LogP contribution in [0.2, 0.25) is 0 Å². The van der Waals surface area contributed by atoms with Crippen LogP contribution in [0.1, 0.15) is 273 Å². The second-order valence-electron chi connectivity index (χ2n) is 18.6. The number of unbranched alkanes of at least 4 members (excludes halogenated alkanes) is 26. The van der Waals surface area contributed by atoms with Crippen molar-refractivity contribution in [2.75, 3.05) is 13.2 Å². The van der Waals surface area contributed by atoms with E-state index in [-0.39, 0.29) is 31.1 Å². The van der Waals surface area contributed by atoms with Crippen LogP contribution < -0.4 is 0 Å². The number of hydrogen-bond acceptors (Lipinski definition) is 6. The van der Waals surface area contributed by atoms with Crippen molar-refractivity contribution in [1.82, 2.24) is 0 Å². The quantitative estimate of drug-likeness (QED) is 0.0347. The van der Waals surface area contributed by atoms with E-state index in [1.54, 1.807) is 0 Å². The van der Waals surface area contributed by atoms with Crippen LogP contribution >= 0.6 is 0 Å². The van der Waals surface area contributed by atoms with E-state index in [4.69, 9.17) is 14.2 Å². The van der Waals surface area contributed by atoms with Crippen molar-refractivity contribution in [3.63, 3.8) is 0 Å². The summed E-state index contributed by atoms with van der Waals surface area (Å²) in [6.45, 7) is 13.7. The van der Waals surface area contributed by atoms with E-state index in [0.29, 0.717) is 19.3 Å². The molecule has 2 atom stereocenters. The van der Waals surface area contributed by atoms with Gasteiger partial charge in [-0.25, -0.2) is 0 Å². The van der Waals surface area contributed by atoms with Crippen LogP contribution in [0.4, 0.5) is 0 Å². The third-order valence-corrected chi connectivity index (χ3v) is 11.8. The maximum Gasteiger partial charge on any atom is 0.306 e. The fourth-order valence-corrected chi connectivity index (χ4v) is 7.55. The summed E-state index contributed by atoms with van der Waals surface area (Å²) in [6.07, 6.45) is 40.9. The topological polar surface area (TPSA) is 78.9 Å². The summed E-state index contributed by atoms with van der Waals surface area (Å²) in [5.41, 5.74) is 0. The van der Waals surface area contributed by atoms with Gasteiger partial charge in [0.15, 0.2) is 6.10 Å². The summed E-state index contributed by atoms with van der Waals surface area (Å²) in [4.78, 5) is 37.8. The fraction of sp³-hybridized carbons (Fsp3) is 0.941. The van der Waals surface area contributed by atoms with Crippen molar-refractivity contribution in [3.05, 3.63) is 0 Å². The zero-order valence-corrected chi connectivity index (χ0v) is 39.1. The Morgan fingerprint density at radius 2 is 0.614 bits per heavy atom. The van der Waals surface area contributed by atoms with E-state index in [0.717, 1.165) is 75.5 Å². The largest absolute Gasteiger partial charge is 0.462 e. The van der Waals surface area contributed by atoms with E-state index in [1.807, 2.05) is 0 Å². The Morgan fingerprint density at radius 1 is 0.351 bits per heavy atom.